The van der Waals surface area contributed by atoms with Gasteiger partial charge < -0.3 is 14.3 Å². The van der Waals surface area contributed by atoms with Crippen LogP contribution in [0.15, 0.2) is 59.1 Å². The molecule has 1 amide bonds. The molecular weight excluding hydrogens is 426 g/mol. The number of amides is 1. The molecule has 1 aliphatic heterocycles. The summed E-state index contributed by atoms with van der Waals surface area (Å²) >= 11 is 0. The third kappa shape index (κ3) is 4.89. The molecule has 2 aromatic carbocycles. The Bertz CT molecular complexity index is 1270. The predicted octanol–water partition coefficient (Wildman–Crippen LogP) is 5.12. The summed E-state index contributed by atoms with van der Waals surface area (Å²) in [6, 6.07) is 16.0. The monoisotopic (exact) mass is 457 g/mol. The molecule has 4 aromatic rings. The molecule has 176 valence electrons. The van der Waals surface area contributed by atoms with E-state index in [1.165, 1.54) is 18.4 Å². The molecule has 0 bridgehead atoms. The van der Waals surface area contributed by atoms with Crippen LogP contribution >= 0.6 is 0 Å². The van der Waals surface area contributed by atoms with Crippen molar-refractivity contribution in [1.29, 1.82) is 0 Å². The number of carbonyl (C=O) groups excluding carboxylic acids is 1. The quantitative estimate of drug-likeness (QED) is 0.417. The largest absolute Gasteiger partial charge is 0.419 e. The molecule has 0 saturated carbocycles. The first-order chi connectivity index (χ1) is 16.6. The van der Waals surface area contributed by atoms with Crippen LogP contribution in [0.4, 0.5) is 5.69 Å². The van der Waals surface area contributed by atoms with E-state index in [2.05, 4.69) is 34.3 Å². The second kappa shape index (κ2) is 9.81. The van der Waals surface area contributed by atoms with Gasteiger partial charge in [-0.15, -0.1) is 10.2 Å². The van der Waals surface area contributed by atoms with Gasteiger partial charge in [0.15, 0.2) is 0 Å². The molecule has 34 heavy (non-hydrogen) atoms. The van der Waals surface area contributed by atoms with Crippen molar-refractivity contribution < 1.29 is 9.21 Å². The molecule has 1 saturated heterocycles. The number of benzene rings is 2. The summed E-state index contributed by atoms with van der Waals surface area (Å²) in [5, 5.41) is 12.6. The lowest BCUT2D eigenvalue weighted by Crippen LogP contribution is -2.32. The van der Waals surface area contributed by atoms with E-state index in [0.29, 0.717) is 18.3 Å². The van der Waals surface area contributed by atoms with Gasteiger partial charge in [0.05, 0.1) is 12.1 Å². The van der Waals surface area contributed by atoms with Crippen LogP contribution in [0.25, 0.3) is 22.4 Å². The van der Waals surface area contributed by atoms with Crippen molar-refractivity contribution in [2.75, 3.05) is 18.4 Å². The van der Waals surface area contributed by atoms with Gasteiger partial charge >= 0.3 is 0 Å². The number of para-hydroxylation sites is 1. The van der Waals surface area contributed by atoms with Crippen molar-refractivity contribution in [2.45, 2.75) is 46.2 Å². The zero-order valence-electron chi connectivity index (χ0n) is 19.8. The Morgan fingerprint density at radius 2 is 1.85 bits per heavy atom. The maximum Gasteiger partial charge on any atom is 0.249 e. The molecule has 7 nitrogen and oxygen atoms in total. The molecule has 1 N–H and O–H groups in total. The number of nitrogens with zero attached hydrogens (tertiary/aromatic N) is 4. The van der Waals surface area contributed by atoms with E-state index < -0.39 is 0 Å². The molecule has 7 heteroatoms. The minimum Gasteiger partial charge on any atom is -0.419 e. The molecule has 2 aromatic heterocycles. The van der Waals surface area contributed by atoms with Crippen LogP contribution < -0.4 is 5.32 Å². The third-order valence-electron chi connectivity index (χ3n) is 6.68. The highest BCUT2D eigenvalue weighted by atomic mass is 16.4. The summed E-state index contributed by atoms with van der Waals surface area (Å²) in [6.07, 6.45) is 5.32. The first kappa shape index (κ1) is 22.3. The van der Waals surface area contributed by atoms with Crippen molar-refractivity contribution in [3.05, 3.63) is 66.2 Å². The second-order valence-corrected chi connectivity index (χ2v) is 9.25. The molecular formula is C27H31N5O2. The number of piperidine rings is 1. The highest BCUT2D eigenvalue weighted by Gasteiger charge is 2.20. The van der Waals surface area contributed by atoms with Crippen LogP contribution in [0.2, 0.25) is 0 Å². The Morgan fingerprint density at radius 1 is 1.09 bits per heavy atom. The smallest absolute Gasteiger partial charge is 0.249 e. The molecule has 5 rings (SSSR count). The molecule has 1 fully saturated rings. The van der Waals surface area contributed by atoms with Crippen LogP contribution in [0.1, 0.15) is 38.1 Å². The van der Waals surface area contributed by atoms with E-state index in [1.54, 1.807) is 0 Å². The number of hydrogen-bond donors (Lipinski definition) is 1. The molecule has 0 aliphatic carbocycles. The zero-order valence-corrected chi connectivity index (χ0v) is 19.8. The number of carbonyl (C=O) groups is 1. The summed E-state index contributed by atoms with van der Waals surface area (Å²) in [5.74, 6) is 1.83. The number of aryl methyl sites for hydroxylation is 1. The highest BCUT2D eigenvalue weighted by molar-refractivity contribution is 5.96. The fourth-order valence-electron chi connectivity index (χ4n) is 4.56. The van der Waals surface area contributed by atoms with Gasteiger partial charge in [0, 0.05) is 22.8 Å². The fourth-order valence-corrected chi connectivity index (χ4v) is 4.56. The first-order valence-electron chi connectivity index (χ1n) is 12.1. The summed E-state index contributed by atoms with van der Waals surface area (Å²) in [7, 11) is 0. The summed E-state index contributed by atoms with van der Waals surface area (Å²) in [5.41, 5.74) is 3.85. The van der Waals surface area contributed by atoms with Crippen molar-refractivity contribution in [3.8, 4) is 11.5 Å². The van der Waals surface area contributed by atoms with E-state index in [4.69, 9.17) is 4.42 Å². The Kier molecular flexibility index (Phi) is 6.45. The average molecular weight is 458 g/mol. The van der Waals surface area contributed by atoms with E-state index >= 15 is 0 Å². The number of anilines is 1. The number of rotatable bonds is 7. The Balaban J connectivity index is 1.33. The maximum absolute atomic E-state index is 12.8. The molecule has 1 aliphatic rings. The van der Waals surface area contributed by atoms with Crippen LogP contribution in [0.5, 0.6) is 0 Å². The molecule has 0 atom stereocenters. The molecule has 0 spiro atoms. The van der Waals surface area contributed by atoms with E-state index in [-0.39, 0.29) is 12.5 Å². The van der Waals surface area contributed by atoms with E-state index in [9.17, 15) is 4.79 Å². The number of nitrogens with one attached hydrogen (secondary N) is 1. The van der Waals surface area contributed by atoms with E-state index in [1.807, 2.05) is 59.3 Å². The zero-order chi connectivity index (χ0) is 23.5. The lowest BCUT2D eigenvalue weighted by atomic mass is 9.99. The van der Waals surface area contributed by atoms with Crippen LogP contribution in [-0.2, 0) is 24.3 Å². The minimum atomic E-state index is -0.0814. The van der Waals surface area contributed by atoms with Gasteiger partial charge in [-0.1, -0.05) is 44.2 Å². The second-order valence-electron chi connectivity index (χ2n) is 9.25. The van der Waals surface area contributed by atoms with Crippen LogP contribution in [0, 0.1) is 5.92 Å². The standard InChI is InChI=1S/C27H31N5O2/c1-3-20-8-10-21(11-9-20)28-25(33)17-32-16-23(22-6-4-5-7-24(22)32)27-30-29-26(34-27)18-31-14-12-19(2)13-15-31/h4-11,16,19H,3,12-15,17-18H2,1-2H3,(H,28,33). The lowest BCUT2D eigenvalue weighted by molar-refractivity contribution is -0.116. The summed E-state index contributed by atoms with van der Waals surface area (Å²) < 4.78 is 8.01. The topological polar surface area (TPSA) is 76.2 Å². The van der Waals surface area contributed by atoms with Gasteiger partial charge in [0.2, 0.25) is 17.7 Å². The number of aromatic nitrogens is 3. The SMILES string of the molecule is CCc1ccc(NC(=O)Cn2cc(-c3nnc(CN4CCC(C)CC4)o3)c3ccccc32)cc1. The van der Waals surface area contributed by atoms with Gasteiger partial charge in [-0.3, -0.25) is 9.69 Å². The van der Waals surface area contributed by atoms with Crippen molar-refractivity contribution >= 4 is 22.5 Å². The molecule has 0 radical (unpaired) electrons. The van der Waals surface area contributed by atoms with Crippen molar-refractivity contribution in [3.63, 3.8) is 0 Å². The number of hydrogen-bond acceptors (Lipinski definition) is 5. The van der Waals surface area contributed by atoms with E-state index in [0.717, 1.165) is 47.6 Å². The molecule has 3 heterocycles. The predicted molar refractivity (Wildman–Crippen MR) is 133 cm³/mol. The van der Waals surface area contributed by atoms with Gasteiger partial charge in [-0.25, -0.2) is 0 Å². The summed E-state index contributed by atoms with van der Waals surface area (Å²) in [6.45, 7) is 7.42. The Hall–Kier alpha value is -3.45. The van der Waals surface area contributed by atoms with Crippen LogP contribution in [0.3, 0.4) is 0 Å². The average Bonchev–Trinajstić information content (AvgIpc) is 3.46. The first-order valence-corrected chi connectivity index (χ1v) is 12.1. The lowest BCUT2D eigenvalue weighted by Gasteiger charge is -2.28. The Labute approximate surface area is 199 Å². The fraction of sp³-hybridized carbons (Fsp3) is 0.370. The Morgan fingerprint density at radius 3 is 2.62 bits per heavy atom. The van der Waals surface area contributed by atoms with Gasteiger partial charge in [-0.05, 0) is 62.0 Å². The maximum atomic E-state index is 12.8. The van der Waals surface area contributed by atoms with Crippen LogP contribution in [-0.4, -0.2) is 38.7 Å². The molecule has 0 unspecified atom stereocenters. The van der Waals surface area contributed by atoms with Crippen molar-refractivity contribution in [2.24, 2.45) is 5.92 Å². The number of likely N-dealkylation sites (tertiary alicyclic amines) is 1. The normalized spacial score (nSPS) is 15.1. The van der Waals surface area contributed by atoms with Gasteiger partial charge in [0.1, 0.15) is 6.54 Å². The third-order valence-corrected chi connectivity index (χ3v) is 6.68. The summed E-state index contributed by atoms with van der Waals surface area (Å²) in [4.78, 5) is 15.2. The van der Waals surface area contributed by atoms with Gasteiger partial charge in [-0.2, -0.15) is 0 Å². The number of fused-ring (bicyclic) bond motifs is 1. The van der Waals surface area contributed by atoms with Crippen molar-refractivity contribution in [1.82, 2.24) is 19.7 Å². The van der Waals surface area contributed by atoms with Gasteiger partial charge in [0.25, 0.3) is 0 Å². The minimum absolute atomic E-state index is 0.0814. The highest BCUT2D eigenvalue weighted by Crippen LogP contribution is 2.30.